The zero-order valence-electron chi connectivity index (χ0n) is 11.9. The van der Waals surface area contributed by atoms with E-state index in [0.717, 1.165) is 32.6 Å². The molecule has 1 unspecified atom stereocenters. The highest BCUT2D eigenvalue weighted by molar-refractivity contribution is 7.74. The predicted octanol–water partition coefficient (Wildman–Crippen LogP) is 0.287. The van der Waals surface area contributed by atoms with Crippen LogP contribution in [-0.2, 0) is 25.0 Å². The molecule has 8 heteroatoms. The van der Waals surface area contributed by atoms with Crippen molar-refractivity contribution in [1.82, 2.24) is 9.80 Å². The number of unbranched alkanes of at least 4 members (excludes halogenated alkanes) is 1. The molecule has 1 aliphatic heterocycles. The lowest BCUT2D eigenvalue weighted by Crippen LogP contribution is -2.28. The van der Waals surface area contributed by atoms with Gasteiger partial charge in [-0.05, 0) is 12.8 Å². The second kappa shape index (κ2) is 11.0. The fraction of sp³-hybridized carbons (Fsp3) is 0.833. The predicted molar refractivity (Wildman–Crippen MR) is 74.2 cm³/mol. The Morgan fingerprint density at radius 2 is 1.85 bits per heavy atom. The molecule has 0 aromatic carbocycles. The van der Waals surface area contributed by atoms with Gasteiger partial charge in [-0.3, -0.25) is 0 Å². The molecule has 0 N–H and O–H groups in total. The minimum atomic E-state index is -2.39. The van der Waals surface area contributed by atoms with Crippen molar-refractivity contribution in [2.24, 2.45) is 0 Å². The Morgan fingerprint density at radius 1 is 1.10 bits per heavy atom. The third kappa shape index (κ3) is 8.49. The first-order chi connectivity index (χ1) is 9.72. The summed E-state index contributed by atoms with van der Waals surface area (Å²) < 4.78 is 35.1. The Morgan fingerprint density at radius 3 is 2.55 bits per heavy atom. The van der Waals surface area contributed by atoms with Crippen molar-refractivity contribution in [1.29, 1.82) is 0 Å². The highest BCUT2D eigenvalue weighted by atomic mass is 32.2. The van der Waals surface area contributed by atoms with Crippen LogP contribution in [0.2, 0.25) is 0 Å². The van der Waals surface area contributed by atoms with Crippen molar-refractivity contribution in [3.8, 4) is 0 Å². The highest BCUT2D eigenvalue weighted by Gasteiger charge is 2.11. The van der Waals surface area contributed by atoms with E-state index in [1.807, 2.05) is 12.4 Å². The van der Waals surface area contributed by atoms with Gasteiger partial charge in [0.15, 0.2) is 0 Å². The largest absolute Gasteiger partial charge is 0.750 e. The van der Waals surface area contributed by atoms with Crippen LogP contribution < -0.4 is 0 Å². The lowest BCUT2D eigenvalue weighted by molar-refractivity contribution is 0.0607. The monoisotopic (exact) mass is 307 g/mol. The smallest absolute Gasteiger partial charge is 0.0894 e. The molecule has 0 bridgehead atoms. The lowest BCUT2D eigenvalue weighted by atomic mass is 10.3. The van der Waals surface area contributed by atoms with Crippen molar-refractivity contribution < 1.29 is 22.4 Å². The van der Waals surface area contributed by atoms with Crippen LogP contribution in [0.15, 0.2) is 12.4 Å². The van der Waals surface area contributed by atoms with Crippen molar-refractivity contribution in [3.63, 3.8) is 0 Å². The minimum absolute atomic E-state index is 0.255. The summed E-state index contributed by atoms with van der Waals surface area (Å²) in [5.41, 5.74) is 0. The normalized spacial score (nSPS) is 16.1. The van der Waals surface area contributed by atoms with E-state index in [0.29, 0.717) is 19.8 Å². The summed E-state index contributed by atoms with van der Waals surface area (Å²) in [6.07, 6.45) is 5.73. The molecule has 118 valence electrons. The SMILES string of the molecule is COCCOCCN1C=CN(CCCCOS(=O)[O-])C1. The standard InChI is InChI=1S/C12H24N2O5S/c1-17-10-11-18-9-7-14-6-5-13(12-14)4-2-3-8-19-20(15)16/h5-6H,2-4,7-12H2,1H3,(H,15,16)/p-1. The van der Waals surface area contributed by atoms with E-state index in [-0.39, 0.29) is 6.61 Å². The Hall–Kier alpha value is -0.670. The van der Waals surface area contributed by atoms with Crippen LogP contribution in [0, 0.1) is 0 Å². The molecule has 1 rings (SSSR count). The maximum Gasteiger partial charge on any atom is 0.0894 e. The van der Waals surface area contributed by atoms with Crippen LogP contribution in [0.5, 0.6) is 0 Å². The lowest BCUT2D eigenvalue weighted by Gasteiger charge is -2.21. The van der Waals surface area contributed by atoms with Gasteiger partial charge < -0.3 is 28.0 Å². The van der Waals surface area contributed by atoms with E-state index >= 15 is 0 Å². The van der Waals surface area contributed by atoms with E-state index in [1.54, 1.807) is 7.11 Å². The fourth-order valence-corrected chi connectivity index (χ4v) is 2.03. The molecular formula is C12H23N2O5S-. The van der Waals surface area contributed by atoms with Crippen molar-refractivity contribution >= 4 is 11.4 Å². The molecule has 0 radical (unpaired) electrons. The van der Waals surface area contributed by atoms with E-state index in [1.165, 1.54) is 0 Å². The Bertz CT molecular complexity index is 304. The molecule has 1 heterocycles. The second-order valence-corrected chi connectivity index (χ2v) is 5.05. The molecule has 0 aliphatic carbocycles. The van der Waals surface area contributed by atoms with Gasteiger partial charge >= 0.3 is 0 Å². The molecule has 0 fully saturated rings. The maximum atomic E-state index is 10.2. The van der Waals surface area contributed by atoms with Gasteiger partial charge in [0.25, 0.3) is 0 Å². The quantitative estimate of drug-likeness (QED) is 0.379. The number of methoxy groups -OCH3 is 1. The number of rotatable bonds is 12. The van der Waals surface area contributed by atoms with Crippen molar-refractivity contribution in [2.45, 2.75) is 12.8 Å². The van der Waals surface area contributed by atoms with Gasteiger partial charge in [-0.15, -0.1) is 0 Å². The minimum Gasteiger partial charge on any atom is -0.750 e. The number of ether oxygens (including phenoxy) is 2. The zero-order valence-corrected chi connectivity index (χ0v) is 12.7. The van der Waals surface area contributed by atoms with Crippen LogP contribution in [0.4, 0.5) is 0 Å². The first-order valence-corrected chi connectivity index (χ1v) is 7.68. The average Bonchev–Trinajstić information content (AvgIpc) is 2.86. The van der Waals surface area contributed by atoms with Gasteiger partial charge in [0.2, 0.25) is 0 Å². The van der Waals surface area contributed by atoms with Gasteiger partial charge in [-0.25, -0.2) is 4.21 Å². The van der Waals surface area contributed by atoms with Crippen LogP contribution >= 0.6 is 0 Å². The summed E-state index contributed by atoms with van der Waals surface area (Å²) in [6, 6.07) is 0. The van der Waals surface area contributed by atoms with E-state index in [4.69, 9.17) is 9.47 Å². The summed E-state index contributed by atoms with van der Waals surface area (Å²) >= 11 is -2.39. The van der Waals surface area contributed by atoms with E-state index < -0.39 is 11.4 Å². The first kappa shape index (κ1) is 17.4. The molecule has 0 saturated carbocycles. The third-order valence-electron chi connectivity index (χ3n) is 2.83. The van der Waals surface area contributed by atoms with Crippen LogP contribution in [0.25, 0.3) is 0 Å². The summed E-state index contributed by atoms with van der Waals surface area (Å²) in [7, 11) is 1.66. The molecule has 0 saturated heterocycles. The van der Waals surface area contributed by atoms with Crippen LogP contribution in [0.3, 0.4) is 0 Å². The number of nitrogens with zero attached hydrogens (tertiary/aromatic N) is 2. The molecule has 20 heavy (non-hydrogen) atoms. The molecular weight excluding hydrogens is 284 g/mol. The van der Waals surface area contributed by atoms with Gasteiger partial charge in [0.1, 0.15) is 0 Å². The van der Waals surface area contributed by atoms with Gasteiger partial charge in [-0.2, -0.15) is 0 Å². The average molecular weight is 307 g/mol. The fourth-order valence-electron chi connectivity index (χ4n) is 1.78. The Balaban J connectivity index is 1.95. The zero-order chi connectivity index (χ0) is 14.6. The first-order valence-electron chi connectivity index (χ1n) is 6.68. The maximum absolute atomic E-state index is 10.2. The van der Waals surface area contributed by atoms with Crippen LogP contribution in [0.1, 0.15) is 12.8 Å². The molecule has 0 spiro atoms. The Labute approximate surface area is 123 Å². The molecule has 0 aromatic rings. The van der Waals surface area contributed by atoms with Gasteiger partial charge in [0.05, 0.1) is 44.5 Å². The van der Waals surface area contributed by atoms with Gasteiger partial charge in [-0.1, -0.05) is 0 Å². The van der Waals surface area contributed by atoms with Crippen molar-refractivity contribution in [2.75, 3.05) is 53.3 Å². The topological polar surface area (TPSA) is 74.3 Å². The van der Waals surface area contributed by atoms with Crippen molar-refractivity contribution in [3.05, 3.63) is 12.4 Å². The number of hydrogen-bond donors (Lipinski definition) is 0. The van der Waals surface area contributed by atoms with E-state index in [2.05, 4.69) is 14.0 Å². The van der Waals surface area contributed by atoms with E-state index in [9.17, 15) is 8.76 Å². The molecule has 0 amide bonds. The summed E-state index contributed by atoms with van der Waals surface area (Å²) in [5, 5.41) is 0. The van der Waals surface area contributed by atoms with Crippen LogP contribution in [-0.4, -0.2) is 71.9 Å². The molecule has 7 nitrogen and oxygen atoms in total. The summed E-state index contributed by atoms with van der Waals surface area (Å²) in [4.78, 5) is 4.36. The molecule has 1 aliphatic rings. The molecule has 1 atom stereocenters. The summed E-state index contributed by atoms with van der Waals surface area (Å²) in [6.45, 7) is 4.79. The summed E-state index contributed by atoms with van der Waals surface area (Å²) in [5.74, 6) is 0. The number of hydrogen-bond acceptors (Lipinski definition) is 7. The third-order valence-corrected chi connectivity index (χ3v) is 3.18. The second-order valence-electron chi connectivity index (χ2n) is 4.40. The molecule has 0 aromatic heterocycles. The van der Waals surface area contributed by atoms with Gasteiger partial charge in [0, 0.05) is 32.6 Å². The Kier molecular flexibility index (Phi) is 9.60. The highest BCUT2D eigenvalue weighted by Crippen LogP contribution is 2.07.